The first kappa shape index (κ1) is 13.8. The highest BCUT2D eigenvalue weighted by Gasteiger charge is 2.20. The van der Waals surface area contributed by atoms with Gasteiger partial charge in [-0.1, -0.05) is 0 Å². The van der Waals surface area contributed by atoms with E-state index in [1.54, 1.807) is 12.1 Å². The maximum Gasteiger partial charge on any atom is 0.125 e. The molecular formula is C16H24FN3. The number of rotatable bonds is 4. The monoisotopic (exact) mass is 277 g/mol. The number of anilines is 1. The van der Waals surface area contributed by atoms with Gasteiger partial charge in [-0.15, -0.1) is 0 Å². The van der Waals surface area contributed by atoms with E-state index in [4.69, 9.17) is 0 Å². The summed E-state index contributed by atoms with van der Waals surface area (Å²) < 4.78 is 13.8. The molecule has 2 aliphatic rings. The number of nitrogens with zero attached hydrogens (tertiary/aromatic N) is 2. The second kappa shape index (κ2) is 6.10. The van der Waals surface area contributed by atoms with Crippen molar-refractivity contribution in [2.24, 2.45) is 0 Å². The van der Waals surface area contributed by atoms with Gasteiger partial charge in [0.2, 0.25) is 0 Å². The number of halogens is 1. The third kappa shape index (κ3) is 3.70. The van der Waals surface area contributed by atoms with Crippen molar-refractivity contribution in [1.29, 1.82) is 0 Å². The Morgan fingerprint density at radius 1 is 1.15 bits per heavy atom. The van der Waals surface area contributed by atoms with Gasteiger partial charge in [0.1, 0.15) is 5.82 Å². The van der Waals surface area contributed by atoms with Gasteiger partial charge in [-0.05, 0) is 56.6 Å². The summed E-state index contributed by atoms with van der Waals surface area (Å²) in [5.41, 5.74) is 2.09. The van der Waals surface area contributed by atoms with Crippen LogP contribution in [0.5, 0.6) is 0 Å². The van der Waals surface area contributed by atoms with E-state index in [9.17, 15) is 4.39 Å². The molecular weight excluding hydrogens is 253 g/mol. The molecule has 0 spiro atoms. The molecule has 3 rings (SSSR count). The van der Waals surface area contributed by atoms with Gasteiger partial charge in [0.25, 0.3) is 0 Å². The zero-order chi connectivity index (χ0) is 13.9. The van der Waals surface area contributed by atoms with Crippen molar-refractivity contribution < 1.29 is 4.39 Å². The molecule has 1 saturated carbocycles. The molecule has 20 heavy (non-hydrogen) atoms. The lowest BCUT2D eigenvalue weighted by Gasteiger charge is -2.23. The average Bonchev–Trinajstić information content (AvgIpc) is 3.23. The van der Waals surface area contributed by atoms with Crippen molar-refractivity contribution in [2.75, 3.05) is 38.1 Å². The Morgan fingerprint density at radius 3 is 2.80 bits per heavy atom. The van der Waals surface area contributed by atoms with Crippen LogP contribution in [0, 0.1) is 5.82 Å². The fourth-order valence-electron chi connectivity index (χ4n) is 2.77. The maximum absolute atomic E-state index is 13.8. The van der Waals surface area contributed by atoms with Gasteiger partial charge < -0.3 is 15.1 Å². The van der Waals surface area contributed by atoms with E-state index in [1.807, 2.05) is 0 Å². The van der Waals surface area contributed by atoms with Crippen molar-refractivity contribution in [3.63, 3.8) is 0 Å². The van der Waals surface area contributed by atoms with E-state index < -0.39 is 0 Å². The first-order chi connectivity index (χ1) is 9.70. The summed E-state index contributed by atoms with van der Waals surface area (Å²) >= 11 is 0. The molecule has 1 aromatic carbocycles. The minimum Gasteiger partial charge on any atom is -0.370 e. The smallest absolute Gasteiger partial charge is 0.125 e. The molecule has 1 aromatic rings. The molecule has 0 aromatic heterocycles. The van der Waals surface area contributed by atoms with Crippen molar-refractivity contribution >= 4 is 5.69 Å². The number of hydrogen-bond donors (Lipinski definition) is 1. The molecule has 0 atom stereocenters. The predicted octanol–water partition coefficient (Wildman–Crippen LogP) is 2.22. The van der Waals surface area contributed by atoms with Gasteiger partial charge in [-0.25, -0.2) is 4.39 Å². The zero-order valence-electron chi connectivity index (χ0n) is 12.2. The van der Waals surface area contributed by atoms with Crippen LogP contribution in [0.25, 0.3) is 0 Å². The van der Waals surface area contributed by atoms with Crippen LogP contribution in [0.15, 0.2) is 18.2 Å². The average molecular weight is 277 g/mol. The van der Waals surface area contributed by atoms with Crippen LogP contribution in [0.1, 0.15) is 24.8 Å². The second-order valence-corrected chi connectivity index (χ2v) is 6.12. The lowest BCUT2D eigenvalue weighted by Crippen LogP contribution is -2.29. The van der Waals surface area contributed by atoms with Gasteiger partial charge in [0.05, 0.1) is 0 Å². The molecule has 0 amide bonds. The molecule has 3 nitrogen and oxygen atoms in total. The van der Waals surface area contributed by atoms with Crippen LogP contribution >= 0.6 is 0 Å². The highest BCUT2D eigenvalue weighted by atomic mass is 19.1. The quantitative estimate of drug-likeness (QED) is 0.910. The van der Waals surface area contributed by atoms with Crippen LogP contribution in [-0.2, 0) is 6.54 Å². The molecule has 0 bridgehead atoms. The molecule has 2 fully saturated rings. The Labute approximate surface area is 120 Å². The van der Waals surface area contributed by atoms with Gasteiger partial charge in [-0.2, -0.15) is 0 Å². The SMILES string of the molecule is CN1CCCN(c2cc(F)cc(CNC3CC3)c2)CC1. The van der Waals surface area contributed by atoms with Gasteiger partial charge in [-0.3, -0.25) is 0 Å². The molecule has 1 aliphatic heterocycles. The van der Waals surface area contributed by atoms with Crippen molar-refractivity contribution in [3.05, 3.63) is 29.6 Å². The Balaban J connectivity index is 1.70. The van der Waals surface area contributed by atoms with Crippen LogP contribution in [0.2, 0.25) is 0 Å². The maximum atomic E-state index is 13.8. The van der Waals surface area contributed by atoms with Crippen molar-refractivity contribution in [1.82, 2.24) is 10.2 Å². The largest absolute Gasteiger partial charge is 0.370 e. The number of nitrogens with one attached hydrogen (secondary N) is 1. The minimum absolute atomic E-state index is 0.118. The summed E-state index contributed by atoms with van der Waals surface area (Å²) in [6, 6.07) is 6.13. The minimum atomic E-state index is -0.118. The number of likely N-dealkylation sites (N-methyl/N-ethyl adjacent to an activating group) is 1. The zero-order valence-corrected chi connectivity index (χ0v) is 12.2. The Bertz CT molecular complexity index is 459. The normalized spacial score (nSPS) is 21.0. The van der Waals surface area contributed by atoms with E-state index in [1.165, 1.54) is 12.8 Å². The van der Waals surface area contributed by atoms with Crippen LogP contribution in [-0.4, -0.2) is 44.2 Å². The third-order valence-electron chi connectivity index (χ3n) is 4.20. The molecule has 4 heteroatoms. The molecule has 110 valence electrons. The van der Waals surface area contributed by atoms with Gasteiger partial charge in [0, 0.05) is 37.9 Å². The van der Waals surface area contributed by atoms with Crippen LogP contribution < -0.4 is 10.2 Å². The van der Waals surface area contributed by atoms with E-state index in [2.05, 4.69) is 28.2 Å². The fraction of sp³-hybridized carbons (Fsp3) is 0.625. The number of hydrogen-bond acceptors (Lipinski definition) is 3. The molecule has 1 N–H and O–H groups in total. The summed E-state index contributed by atoms with van der Waals surface area (Å²) in [6.45, 7) is 4.95. The van der Waals surface area contributed by atoms with E-state index >= 15 is 0 Å². The first-order valence-electron chi connectivity index (χ1n) is 7.67. The van der Waals surface area contributed by atoms with Crippen LogP contribution in [0.3, 0.4) is 0 Å². The molecule has 1 heterocycles. The third-order valence-corrected chi connectivity index (χ3v) is 4.20. The second-order valence-electron chi connectivity index (χ2n) is 6.12. The van der Waals surface area contributed by atoms with E-state index in [0.717, 1.165) is 50.4 Å². The van der Waals surface area contributed by atoms with Gasteiger partial charge in [0.15, 0.2) is 0 Å². The van der Waals surface area contributed by atoms with E-state index in [0.29, 0.717) is 6.04 Å². The summed E-state index contributed by atoms with van der Waals surface area (Å²) in [5.74, 6) is -0.118. The lowest BCUT2D eigenvalue weighted by atomic mass is 10.1. The summed E-state index contributed by atoms with van der Waals surface area (Å²) in [7, 11) is 2.15. The highest BCUT2D eigenvalue weighted by Crippen LogP contribution is 2.22. The highest BCUT2D eigenvalue weighted by molar-refractivity contribution is 5.49. The number of benzene rings is 1. The Hall–Kier alpha value is -1.13. The van der Waals surface area contributed by atoms with Crippen LogP contribution in [0.4, 0.5) is 10.1 Å². The molecule has 1 saturated heterocycles. The fourth-order valence-corrected chi connectivity index (χ4v) is 2.77. The summed E-state index contributed by atoms with van der Waals surface area (Å²) in [5, 5.41) is 3.46. The van der Waals surface area contributed by atoms with Gasteiger partial charge >= 0.3 is 0 Å². The Morgan fingerprint density at radius 2 is 2.00 bits per heavy atom. The lowest BCUT2D eigenvalue weighted by molar-refractivity contribution is 0.360. The predicted molar refractivity (Wildman–Crippen MR) is 80.6 cm³/mol. The summed E-state index contributed by atoms with van der Waals surface area (Å²) in [6.07, 6.45) is 3.67. The standard InChI is InChI=1S/C16H24FN3/c1-19-5-2-6-20(8-7-19)16-10-13(9-14(17)11-16)12-18-15-3-4-15/h9-11,15,18H,2-8,12H2,1H3. The molecule has 0 radical (unpaired) electrons. The van der Waals surface area contributed by atoms with E-state index in [-0.39, 0.29) is 5.82 Å². The molecule has 0 unspecified atom stereocenters. The topological polar surface area (TPSA) is 18.5 Å². The first-order valence-corrected chi connectivity index (χ1v) is 7.67. The Kier molecular flexibility index (Phi) is 4.22. The van der Waals surface area contributed by atoms with Crippen molar-refractivity contribution in [3.8, 4) is 0 Å². The molecule has 1 aliphatic carbocycles. The summed E-state index contributed by atoms with van der Waals surface area (Å²) in [4.78, 5) is 4.65. The van der Waals surface area contributed by atoms with Crippen molar-refractivity contribution in [2.45, 2.75) is 31.8 Å².